The topological polar surface area (TPSA) is 88.1 Å². The van der Waals surface area contributed by atoms with E-state index in [1.54, 1.807) is 27.7 Å². The van der Waals surface area contributed by atoms with Crippen molar-refractivity contribution in [3.63, 3.8) is 0 Å². The molecule has 0 radical (unpaired) electrons. The fraction of sp³-hybridized carbons (Fsp3) is 0.857. The van der Waals surface area contributed by atoms with Gasteiger partial charge in [0, 0.05) is 26.1 Å². The van der Waals surface area contributed by atoms with Gasteiger partial charge in [0.2, 0.25) is 0 Å². The Morgan fingerprint density at radius 1 is 1.43 bits per heavy atom. The van der Waals surface area contributed by atoms with Crippen LogP contribution >= 0.6 is 0 Å². The summed E-state index contributed by atoms with van der Waals surface area (Å²) in [6.45, 7) is 8.24. The van der Waals surface area contributed by atoms with Crippen molar-refractivity contribution in [2.45, 2.75) is 51.4 Å². The molecule has 0 spiro atoms. The number of hydrogen-bond acceptors (Lipinski definition) is 6. The molecule has 0 aromatic rings. The van der Waals surface area contributed by atoms with Crippen LogP contribution in [0.4, 0.5) is 4.79 Å². The van der Waals surface area contributed by atoms with E-state index in [1.165, 1.54) is 7.11 Å². The maximum atomic E-state index is 11.9. The molecule has 0 aliphatic carbocycles. The molecule has 0 bridgehead atoms. The van der Waals surface area contributed by atoms with E-state index < -0.39 is 23.3 Å². The molecule has 122 valence electrons. The lowest BCUT2D eigenvalue weighted by Crippen LogP contribution is -2.51. The number of aliphatic hydroxyl groups excluding tert-OH is 1. The number of β-amino-alcohol motifs (C(OH)–C–C–N with tert-alkyl or cyclic N) is 1. The number of rotatable bonds is 4. The minimum Gasteiger partial charge on any atom is -0.468 e. The number of methoxy groups -OCH3 is 1. The van der Waals surface area contributed by atoms with Crippen LogP contribution in [0.2, 0.25) is 0 Å². The first-order chi connectivity index (χ1) is 9.58. The highest BCUT2D eigenvalue weighted by atomic mass is 16.6. The van der Waals surface area contributed by atoms with E-state index in [4.69, 9.17) is 9.47 Å². The zero-order valence-electron chi connectivity index (χ0n) is 13.4. The van der Waals surface area contributed by atoms with E-state index in [-0.39, 0.29) is 5.97 Å². The van der Waals surface area contributed by atoms with Crippen LogP contribution in [0.15, 0.2) is 0 Å². The molecule has 7 nitrogen and oxygen atoms in total. The van der Waals surface area contributed by atoms with Crippen LogP contribution in [0.3, 0.4) is 0 Å². The Morgan fingerprint density at radius 2 is 2.05 bits per heavy atom. The molecule has 0 aromatic heterocycles. The van der Waals surface area contributed by atoms with Crippen LogP contribution in [0, 0.1) is 0 Å². The van der Waals surface area contributed by atoms with Crippen molar-refractivity contribution in [3.8, 4) is 0 Å². The summed E-state index contributed by atoms with van der Waals surface area (Å²) >= 11 is 0. The zero-order chi connectivity index (χ0) is 16.3. The van der Waals surface area contributed by atoms with Gasteiger partial charge in [-0.15, -0.1) is 0 Å². The molecular formula is C14H26N2O5. The lowest BCUT2D eigenvalue weighted by atomic mass is 9.98. The zero-order valence-corrected chi connectivity index (χ0v) is 13.4. The predicted octanol–water partition coefficient (Wildman–Crippen LogP) is 0.509. The fourth-order valence-electron chi connectivity index (χ4n) is 2.49. The highest BCUT2D eigenvalue weighted by Crippen LogP contribution is 2.29. The molecule has 1 aliphatic heterocycles. The van der Waals surface area contributed by atoms with E-state index in [9.17, 15) is 14.7 Å². The van der Waals surface area contributed by atoms with Gasteiger partial charge in [-0.25, -0.2) is 4.79 Å². The number of alkyl carbamates (subject to hydrolysis) is 1. The second-order valence-electron chi connectivity index (χ2n) is 6.50. The molecule has 1 amide bonds. The Kier molecular flexibility index (Phi) is 5.58. The molecule has 1 rings (SSSR count). The molecule has 2 N–H and O–H groups in total. The normalized spacial score (nSPS) is 26.5. The van der Waals surface area contributed by atoms with Crippen molar-refractivity contribution < 1.29 is 24.2 Å². The summed E-state index contributed by atoms with van der Waals surface area (Å²) in [5, 5.41) is 12.4. The van der Waals surface area contributed by atoms with Gasteiger partial charge >= 0.3 is 12.1 Å². The highest BCUT2D eigenvalue weighted by molar-refractivity contribution is 5.80. The van der Waals surface area contributed by atoms with Gasteiger partial charge in [0.05, 0.1) is 13.2 Å². The van der Waals surface area contributed by atoms with Crippen molar-refractivity contribution in [1.29, 1.82) is 0 Å². The van der Waals surface area contributed by atoms with Crippen molar-refractivity contribution in [2.75, 3.05) is 26.7 Å². The number of esters is 1. The lowest BCUT2D eigenvalue weighted by molar-refractivity contribution is -0.152. The molecule has 0 saturated carbocycles. The van der Waals surface area contributed by atoms with Crippen LogP contribution in [-0.2, 0) is 14.3 Å². The number of carbonyl (C=O) groups excluding carboxylic acids is 2. The van der Waals surface area contributed by atoms with Gasteiger partial charge in [-0.3, -0.25) is 9.69 Å². The minimum absolute atomic E-state index is 0.326. The van der Waals surface area contributed by atoms with Gasteiger partial charge in [-0.2, -0.15) is 0 Å². The molecule has 1 aliphatic rings. The number of nitrogens with zero attached hydrogens (tertiary/aromatic N) is 1. The maximum absolute atomic E-state index is 11.9. The Hall–Kier alpha value is -1.34. The first kappa shape index (κ1) is 17.7. The molecule has 1 saturated heterocycles. The van der Waals surface area contributed by atoms with Crippen molar-refractivity contribution in [2.24, 2.45) is 0 Å². The van der Waals surface area contributed by atoms with E-state index in [0.717, 1.165) is 0 Å². The second kappa shape index (κ2) is 6.62. The standard InChI is InChI=1S/C14H26N2O5/c1-13(2,3)21-12(19)15-6-7-16-9-10(17)8-14(16,4)11(18)20-5/h10,17H,6-9H2,1-5H3,(H,15,19)/t10-,14+/m1/s1. The predicted molar refractivity (Wildman–Crippen MR) is 76.9 cm³/mol. The largest absolute Gasteiger partial charge is 0.468 e. The van der Waals surface area contributed by atoms with Gasteiger partial charge in [-0.1, -0.05) is 0 Å². The van der Waals surface area contributed by atoms with Gasteiger partial charge in [-0.05, 0) is 27.7 Å². The Morgan fingerprint density at radius 3 is 2.57 bits per heavy atom. The first-order valence-corrected chi connectivity index (χ1v) is 7.07. The summed E-state index contributed by atoms with van der Waals surface area (Å²) in [5.41, 5.74) is -1.40. The van der Waals surface area contributed by atoms with Crippen LogP contribution in [-0.4, -0.2) is 66.1 Å². The van der Waals surface area contributed by atoms with E-state index in [1.807, 2.05) is 4.90 Å². The summed E-state index contributed by atoms with van der Waals surface area (Å²) in [6, 6.07) is 0. The Bertz CT molecular complexity index is 393. The number of amides is 1. The summed E-state index contributed by atoms with van der Waals surface area (Å²) in [5.74, 6) is -0.378. The fourth-order valence-corrected chi connectivity index (χ4v) is 2.49. The van der Waals surface area contributed by atoms with Crippen LogP contribution in [0.5, 0.6) is 0 Å². The summed E-state index contributed by atoms with van der Waals surface area (Å²) in [6.07, 6.45) is -0.746. The average Bonchev–Trinajstić information content (AvgIpc) is 2.62. The summed E-state index contributed by atoms with van der Waals surface area (Å²) in [7, 11) is 1.33. The highest BCUT2D eigenvalue weighted by Gasteiger charge is 2.47. The lowest BCUT2D eigenvalue weighted by Gasteiger charge is -2.32. The van der Waals surface area contributed by atoms with Crippen LogP contribution in [0.25, 0.3) is 0 Å². The van der Waals surface area contributed by atoms with Gasteiger partial charge in [0.1, 0.15) is 11.1 Å². The quantitative estimate of drug-likeness (QED) is 0.736. The number of ether oxygens (including phenoxy) is 2. The number of likely N-dealkylation sites (tertiary alicyclic amines) is 1. The van der Waals surface area contributed by atoms with Gasteiger partial charge < -0.3 is 19.9 Å². The van der Waals surface area contributed by atoms with E-state index in [2.05, 4.69) is 5.32 Å². The molecule has 1 heterocycles. The van der Waals surface area contributed by atoms with Gasteiger partial charge in [0.25, 0.3) is 0 Å². The number of carbonyl (C=O) groups is 2. The average molecular weight is 302 g/mol. The third-order valence-corrected chi connectivity index (χ3v) is 3.44. The van der Waals surface area contributed by atoms with Crippen LogP contribution < -0.4 is 5.32 Å². The first-order valence-electron chi connectivity index (χ1n) is 7.07. The maximum Gasteiger partial charge on any atom is 0.407 e. The monoisotopic (exact) mass is 302 g/mol. The summed E-state index contributed by atoms with van der Waals surface area (Å²) < 4.78 is 9.94. The third-order valence-electron chi connectivity index (χ3n) is 3.44. The van der Waals surface area contributed by atoms with E-state index in [0.29, 0.717) is 26.1 Å². The second-order valence-corrected chi connectivity index (χ2v) is 6.50. The Labute approximate surface area is 125 Å². The van der Waals surface area contributed by atoms with E-state index >= 15 is 0 Å². The molecule has 2 atom stereocenters. The SMILES string of the molecule is COC(=O)[C@]1(C)C[C@@H](O)CN1CCNC(=O)OC(C)(C)C. The molecule has 1 fully saturated rings. The number of hydrogen-bond donors (Lipinski definition) is 2. The number of aliphatic hydroxyl groups is 1. The van der Waals surface area contributed by atoms with Gasteiger partial charge in [0.15, 0.2) is 0 Å². The minimum atomic E-state index is -0.857. The molecule has 0 unspecified atom stereocenters. The van der Waals surface area contributed by atoms with Crippen molar-refractivity contribution >= 4 is 12.1 Å². The molecule has 21 heavy (non-hydrogen) atoms. The molecular weight excluding hydrogens is 276 g/mol. The smallest absolute Gasteiger partial charge is 0.407 e. The summed E-state index contributed by atoms with van der Waals surface area (Å²) in [4.78, 5) is 25.3. The third kappa shape index (κ3) is 4.86. The van der Waals surface area contributed by atoms with Crippen molar-refractivity contribution in [1.82, 2.24) is 10.2 Å². The van der Waals surface area contributed by atoms with Crippen molar-refractivity contribution in [3.05, 3.63) is 0 Å². The molecule has 7 heteroatoms. The Balaban J connectivity index is 2.50. The van der Waals surface area contributed by atoms with Crippen LogP contribution in [0.1, 0.15) is 34.1 Å². The molecule has 0 aromatic carbocycles. The number of nitrogens with one attached hydrogen (secondary N) is 1.